The average molecular weight is 318 g/mol. The van der Waals surface area contributed by atoms with Crippen molar-refractivity contribution in [3.8, 4) is 0 Å². The van der Waals surface area contributed by atoms with Gasteiger partial charge in [-0.2, -0.15) is 0 Å². The molecule has 0 aliphatic carbocycles. The van der Waals surface area contributed by atoms with E-state index in [9.17, 15) is 14.7 Å². The van der Waals surface area contributed by atoms with Crippen molar-refractivity contribution in [3.63, 3.8) is 0 Å². The van der Waals surface area contributed by atoms with Crippen molar-refractivity contribution in [2.45, 2.75) is 39.7 Å². The van der Waals surface area contributed by atoms with Crippen molar-refractivity contribution in [1.82, 2.24) is 9.80 Å². The second kappa shape index (κ2) is 7.59. The number of aryl methyl sites for hydroxylation is 1. The van der Waals surface area contributed by atoms with Crippen LogP contribution in [0.15, 0.2) is 18.2 Å². The van der Waals surface area contributed by atoms with E-state index in [1.807, 2.05) is 12.1 Å². The number of hydrogen-bond donors (Lipinski definition) is 1. The smallest absolute Gasteiger partial charge is 0.254 e. The fourth-order valence-corrected chi connectivity index (χ4v) is 3.15. The normalized spacial score (nSPS) is 16.3. The van der Waals surface area contributed by atoms with Gasteiger partial charge in [-0.05, 0) is 37.0 Å². The van der Waals surface area contributed by atoms with Gasteiger partial charge in [0.05, 0.1) is 0 Å². The Morgan fingerprint density at radius 2 is 1.70 bits per heavy atom. The molecule has 0 bridgehead atoms. The van der Waals surface area contributed by atoms with Crippen LogP contribution in [0.3, 0.4) is 0 Å². The molecule has 1 N–H and O–H groups in total. The summed E-state index contributed by atoms with van der Waals surface area (Å²) in [7, 11) is 0. The maximum absolute atomic E-state index is 12.8. The quantitative estimate of drug-likeness (QED) is 0.915. The summed E-state index contributed by atoms with van der Waals surface area (Å²) >= 11 is 0. The molecule has 1 saturated heterocycles. The molecule has 0 radical (unpaired) electrons. The van der Waals surface area contributed by atoms with E-state index in [4.69, 9.17) is 0 Å². The van der Waals surface area contributed by atoms with Crippen LogP contribution in [0.2, 0.25) is 0 Å². The van der Waals surface area contributed by atoms with Crippen molar-refractivity contribution in [1.29, 1.82) is 0 Å². The zero-order chi connectivity index (χ0) is 17.0. The van der Waals surface area contributed by atoms with Crippen LogP contribution in [0.1, 0.15) is 42.3 Å². The number of aliphatic hydroxyl groups is 1. The highest BCUT2D eigenvalue weighted by molar-refractivity contribution is 5.96. The van der Waals surface area contributed by atoms with Crippen LogP contribution in [0, 0.1) is 0 Å². The monoisotopic (exact) mass is 318 g/mol. The van der Waals surface area contributed by atoms with E-state index in [0.29, 0.717) is 26.2 Å². The van der Waals surface area contributed by atoms with Gasteiger partial charge in [0.25, 0.3) is 11.8 Å². The fraction of sp³-hybridized carbons (Fsp3) is 0.556. The molecular formula is C18H26N2O3. The molecule has 0 saturated carbocycles. The fourth-order valence-electron chi connectivity index (χ4n) is 3.15. The van der Waals surface area contributed by atoms with Gasteiger partial charge in [-0.15, -0.1) is 0 Å². The molecule has 2 rings (SSSR count). The molecule has 5 nitrogen and oxygen atoms in total. The number of amides is 2. The molecule has 126 valence electrons. The van der Waals surface area contributed by atoms with Crippen LogP contribution in [-0.2, 0) is 17.6 Å². The van der Waals surface area contributed by atoms with Crippen LogP contribution >= 0.6 is 0 Å². The van der Waals surface area contributed by atoms with E-state index < -0.39 is 6.10 Å². The number of benzene rings is 1. The first-order valence-electron chi connectivity index (χ1n) is 8.36. The Balaban J connectivity index is 2.10. The van der Waals surface area contributed by atoms with E-state index >= 15 is 0 Å². The van der Waals surface area contributed by atoms with Gasteiger partial charge >= 0.3 is 0 Å². The Morgan fingerprint density at radius 3 is 2.22 bits per heavy atom. The molecule has 2 amide bonds. The molecule has 0 aromatic heterocycles. The first-order valence-corrected chi connectivity index (χ1v) is 8.36. The van der Waals surface area contributed by atoms with E-state index in [2.05, 4.69) is 19.9 Å². The number of nitrogens with zero attached hydrogens (tertiary/aromatic N) is 2. The Morgan fingerprint density at radius 1 is 1.09 bits per heavy atom. The number of carbonyl (C=O) groups excluding carboxylic acids is 2. The number of rotatable bonds is 4. The van der Waals surface area contributed by atoms with Gasteiger partial charge in [-0.3, -0.25) is 9.59 Å². The van der Waals surface area contributed by atoms with Crippen LogP contribution < -0.4 is 0 Å². The SMILES string of the molecule is CCc1cccc(C(=O)N2CCN(C(=O)C(C)O)CC2)c1CC. The lowest BCUT2D eigenvalue weighted by molar-refractivity contribution is -0.140. The molecule has 1 heterocycles. The van der Waals surface area contributed by atoms with Crippen LogP contribution in [0.25, 0.3) is 0 Å². The van der Waals surface area contributed by atoms with Gasteiger partial charge in [-0.25, -0.2) is 0 Å². The largest absolute Gasteiger partial charge is 0.384 e. The third-order valence-electron chi connectivity index (χ3n) is 4.47. The molecular weight excluding hydrogens is 292 g/mol. The molecule has 0 spiro atoms. The van der Waals surface area contributed by atoms with E-state index in [0.717, 1.165) is 24.0 Å². The summed E-state index contributed by atoms with van der Waals surface area (Å²) < 4.78 is 0. The minimum absolute atomic E-state index is 0.0429. The molecule has 1 aliphatic rings. The van der Waals surface area contributed by atoms with Crippen molar-refractivity contribution < 1.29 is 14.7 Å². The standard InChI is InChI=1S/C18H26N2O3/c1-4-14-7-6-8-16(15(14)5-2)18(23)20-11-9-19(10-12-20)17(22)13(3)21/h6-8,13,21H,4-5,9-12H2,1-3H3. The Labute approximate surface area is 137 Å². The van der Waals surface area contributed by atoms with E-state index in [1.54, 1.807) is 9.80 Å². The van der Waals surface area contributed by atoms with E-state index in [-0.39, 0.29) is 11.8 Å². The van der Waals surface area contributed by atoms with Crippen LogP contribution in [0.5, 0.6) is 0 Å². The van der Waals surface area contributed by atoms with Gasteiger partial charge < -0.3 is 14.9 Å². The van der Waals surface area contributed by atoms with Crippen molar-refractivity contribution >= 4 is 11.8 Å². The highest BCUT2D eigenvalue weighted by Crippen LogP contribution is 2.19. The molecule has 1 aliphatic heterocycles. The van der Waals surface area contributed by atoms with Gasteiger partial charge in [-0.1, -0.05) is 26.0 Å². The topological polar surface area (TPSA) is 60.9 Å². The lowest BCUT2D eigenvalue weighted by atomic mass is 9.96. The zero-order valence-electron chi connectivity index (χ0n) is 14.2. The number of hydrogen-bond acceptors (Lipinski definition) is 3. The predicted molar refractivity (Wildman–Crippen MR) is 89.4 cm³/mol. The Hall–Kier alpha value is -1.88. The Bertz CT molecular complexity index is 576. The van der Waals surface area contributed by atoms with E-state index in [1.165, 1.54) is 12.5 Å². The highest BCUT2D eigenvalue weighted by atomic mass is 16.3. The number of carbonyl (C=O) groups is 2. The molecule has 1 aromatic rings. The highest BCUT2D eigenvalue weighted by Gasteiger charge is 2.27. The summed E-state index contributed by atoms with van der Waals surface area (Å²) in [6.45, 7) is 7.62. The molecule has 1 fully saturated rings. The third kappa shape index (κ3) is 3.72. The first kappa shape index (κ1) is 17.5. The maximum Gasteiger partial charge on any atom is 0.254 e. The van der Waals surface area contributed by atoms with Gasteiger partial charge in [0.1, 0.15) is 6.10 Å². The van der Waals surface area contributed by atoms with Gasteiger partial charge in [0.15, 0.2) is 0 Å². The molecule has 23 heavy (non-hydrogen) atoms. The zero-order valence-corrected chi connectivity index (χ0v) is 14.2. The summed E-state index contributed by atoms with van der Waals surface area (Å²) in [5.41, 5.74) is 3.13. The minimum atomic E-state index is -0.981. The van der Waals surface area contributed by atoms with Crippen molar-refractivity contribution in [2.75, 3.05) is 26.2 Å². The van der Waals surface area contributed by atoms with Crippen LogP contribution in [0.4, 0.5) is 0 Å². The predicted octanol–water partition coefficient (Wildman–Crippen LogP) is 1.48. The summed E-state index contributed by atoms with van der Waals surface area (Å²) in [6, 6.07) is 5.92. The van der Waals surface area contributed by atoms with Crippen molar-refractivity contribution in [3.05, 3.63) is 34.9 Å². The Kier molecular flexibility index (Phi) is 5.77. The van der Waals surface area contributed by atoms with Gasteiger partial charge in [0, 0.05) is 31.7 Å². The first-order chi connectivity index (χ1) is 11.0. The summed E-state index contributed by atoms with van der Waals surface area (Å²) in [5, 5.41) is 9.38. The van der Waals surface area contributed by atoms with Crippen molar-refractivity contribution in [2.24, 2.45) is 0 Å². The molecule has 1 atom stereocenters. The number of aliphatic hydroxyl groups excluding tert-OH is 1. The molecule has 1 unspecified atom stereocenters. The van der Waals surface area contributed by atoms with Crippen LogP contribution in [-0.4, -0.2) is 59.0 Å². The second-order valence-electron chi connectivity index (χ2n) is 5.94. The van der Waals surface area contributed by atoms with Gasteiger partial charge in [0.2, 0.25) is 0 Å². The summed E-state index contributed by atoms with van der Waals surface area (Å²) in [6.07, 6.45) is 0.775. The maximum atomic E-state index is 12.8. The minimum Gasteiger partial charge on any atom is -0.384 e. The molecule has 1 aromatic carbocycles. The lowest BCUT2D eigenvalue weighted by Crippen LogP contribution is -2.52. The lowest BCUT2D eigenvalue weighted by Gasteiger charge is -2.35. The number of piperazine rings is 1. The second-order valence-corrected chi connectivity index (χ2v) is 5.94. The summed E-state index contributed by atoms with van der Waals surface area (Å²) in [4.78, 5) is 28.1. The third-order valence-corrected chi connectivity index (χ3v) is 4.47. The molecule has 5 heteroatoms. The summed E-state index contributed by atoms with van der Waals surface area (Å²) in [5.74, 6) is -0.222. The average Bonchev–Trinajstić information content (AvgIpc) is 2.59.